The van der Waals surface area contributed by atoms with Crippen molar-refractivity contribution in [1.82, 2.24) is 15.5 Å². The van der Waals surface area contributed by atoms with E-state index in [9.17, 15) is 24.3 Å². The monoisotopic (exact) mass is 471 g/mol. The van der Waals surface area contributed by atoms with Crippen LogP contribution >= 0.6 is 22.9 Å². The van der Waals surface area contributed by atoms with E-state index in [0.717, 1.165) is 11.1 Å². The zero-order valence-corrected chi connectivity index (χ0v) is 20.4. The summed E-state index contributed by atoms with van der Waals surface area (Å²) in [5, 5.41) is 16.5. The minimum atomic E-state index is -1.35. The Hall–Kier alpha value is -2.17. The van der Waals surface area contributed by atoms with Crippen LogP contribution in [0.5, 0.6) is 0 Å². The molecule has 0 spiro atoms. The summed E-state index contributed by atoms with van der Waals surface area (Å²) in [7, 11) is 1.47. The van der Waals surface area contributed by atoms with Gasteiger partial charge in [0.2, 0.25) is 0 Å². The molecule has 0 saturated carbocycles. The Bertz CT molecular complexity index is 1050. The van der Waals surface area contributed by atoms with E-state index in [-0.39, 0.29) is 37.4 Å². The van der Waals surface area contributed by atoms with Crippen molar-refractivity contribution in [3.05, 3.63) is 57.9 Å². The van der Waals surface area contributed by atoms with E-state index in [1.807, 2.05) is 11.4 Å². The van der Waals surface area contributed by atoms with Gasteiger partial charge in [0, 0.05) is 29.2 Å². The number of halogens is 1. The van der Waals surface area contributed by atoms with Crippen molar-refractivity contribution >= 4 is 46.6 Å². The molecule has 0 aliphatic carbocycles. The Labute approximate surface area is 211 Å². The number of likely N-dealkylation sites (N-methyl/N-ethyl adjacent to an activating group) is 1. The molecule has 0 radical (unpaired) electrons. The molecular weight excluding hydrogens is 453 g/mol. The molecule has 1 aromatic carbocycles. The van der Waals surface area contributed by atoms with Crippen LogP contribution in [0.2, 0.25) is 5.02 Å². The summed E-state index contributed by atoms with van der Waals surface area (Å²) in [5.74, 6) is -2.24. The number of benzene rings is 1. The standard InChI is InChI=1S/C20H18ClN3O5S.Na.H/c1-24-6-5-15(25)18(19(24)28)23-20(29)22-14(9-17(26)27)16-8-12(10-30-16)11-3-2-4-13(21)7-11;;/h2-8,10,14,18H,9H2,1H3,(H,26,27)(H2,22,23,29);;/q;+1;-1. The maximum absolute atomic E-state index is 12.4. The largest absolute Gasteiger partial charge is 1.00 e. The number of hydrogen-bond acceptors (Lipinski definition) is 5. The fourth-order valence-electron chi connectivity index (χ4n) is 2.90. The van der Waals surface area contributed by atoms with Crippen LogP contribution < -0.4 is 40.2 Å². The van der Waals surface area contributed by atoms with Gasteiger partial charge in [-0.05, 0) is 34.7 Å². The van der Waals surface area contributed by atoms with Gasteiger partial charge in [0.15, 0.2) is 11.8 Å². The molecule has 31 heavy (non-hydrogen) atoms. The molecule has 0 bridgehead atoms. The van der Waals surface area contributed by atoms with E-state index in [2.05, 4.69) is 10.6 Å². The van der Waals surface area contributed by atoms with E-state index in [1.54, 1.807) is 24.3 Å². The number of carboxylic acids is 1. The quantitative estimate of drug-likeness (QED) is 0.403. The summed E-state index contributed by atoms with van der Waals surface area (Å²) in [4.78, 5) is 49.6. The minimum Gasteiger partial charge on any atom is -1.00 e. The number of aliphatic carboxylic acids is 1. The summed E-state index contributed by atoms with van der Waals surface area (Å²) in [6, 6.07) is 5.97. The van der Waals surface area contributed by atoms with Crippen molar-refractivity contribution in [3.8, 4) is 11.1 Å². The number of rotatable bonds is 6. The first-order valence-corrected chi connectivity index (χ1v) is 10.1. The molecule has 158 valence electrons. The van der Waals surface area contributed by atoms with Gasteiger partial charge in [0.25, 0.3) is 5.91 Å². The molecule has 2 heterocycles. The smallest absolute Gasteiger partial charge is 1.00 e. The van der Waals surface area contributed by atoms with Gasteiger partial charge in [0.05, 0.1) is 12.5 Å². The number of nitrogens with zero attached hydrogens (tertiary/aromatic N) is 1. The molecule has 1 aliphatic rings. The number of nitrogens with one attached hydrogen (secondary N) is 2. The fraction of sp³-hybridized carbons (Fsp3) is 0.200. The molecule has 8 nitrogen and oxygen atoms in total. The molecular formula is C20H19ClN3NaO5S. The molecule has 2 aromatic rings. The average Bonchev–Trinajstić information content (AvgIpc) is 3.18. The third-order valence-corrected chi connectivity index (χ3v) is 5.70. The van der Waals surface area contributed by atoms with Crippen LogP contribution in [-0.4, -0.2) is 46.8 Å². The Kier molecular flexibility index (Phi) is 8.84. The first-order chi connectivity index (χ1) is 14.2. The third-order valence-electron chi connectivity index (χ3n) is 4.42. The van der Waals surface area contributed by atoms with Crippen molar-refractivity contribution in [2.24, 2.45) is 0 Å². The number of ketones is 1. The second-order valence-electron chi connectivity index (χ2n) is 6.62. The second-order valence-corrected chi connectivity index (χ2v) is 8.00. The maximum Gasteiger partial charge on any atom is 1.00 e. The molecule has 3 amide bonds. The number of carboxylic acid groups (broad SMARTS) is 1. The van der Waals surface area contributed by atoms with Gasteiger partial charge in [-0.2, -0.15) is 0 Å². The third kappa shape index (κ3) is 6.41. The van der Waals surface area contributed by atoms with Crippen LogP contribution in [0.1, 0.15) is 18.8 Å². The molecule has 3 N–H and O–H groups in total. The topological polar surface area (TPSA) is 116 Å². The number of hydrogen-bond donors (Lipinski definition) is 3. The van der Waals surface area contributed by atoms with Crippen LogP contribution in [0.25, 0.3) is 11.1 Å². The summed E-state index contributed by atoms with van der Waals surface area (Å²) < 4.78 is 0. The first-order valence-electron chi connectivity index (χ1n) is 8.86. The number of carbonyl (C=O) groups is 4. The van der Waals surface area contributed by atoms with Crippen LogP contribution in [-0.2, 0) is 14.4 Å². The van der Waals surface area contributed by atoms with E-state index < -0.39 is 35.8 Å². The predicted molar refractivity (Wildman–Crippen MR) is 113 cm³/mol. The van der Waals surface area contributed by atoms with Gasteiger partial charge >= 0.3 is 41.6 Å². The Morgan fingerprint density at radius 1 is 1.29 bits per heavy atom. The van der Waals surface area contributed by atoms with Gasteiger partial charge in [0.1, 0.15) is 0 Å². The maximum atomic E-state index is 12.4. The van der Waals surface area contributed by atoms with Crippen molar-refractivity contribution in [2.75, 3.05) is 7.05 Å². The zero-order chi connectivity index (χ0) is 21.8. The molecule has 1 aliphatic heterocycles. The van der Waals surface area contributed by atoms with Crippen molar-refractivity contribution < 1.29 is 55.3 Å². The minimum absolute atomic E-state index is 0. The zero-order valence-electron chi connectivity index (χ0n) is 17.8. The van der Waals surface area contributed by atoms with Crippen molar-refractivity contribution in [3.63, 3.8) is 0 Å². The molecule has 3 rings (SSSR count). The number of carbonyl (C=O) groups excluding carboxylic acids is 3. The fourth-order valence-corrected chi connectivity index (χ4v) is 4.06. The molecule has 1 aromatic heterocycles. The van der Waals surface area contributed by atoms with Crippen molar-refractivity contribution in [2.45, 2.75) is 18.5 Å². The molecule has 2 unspecified atom stereocenters. The van der Waals surface area contributed by atoms with Gasteiger partial charge < -0.3 is 22.1 Å². The molecule has 0 fully saturated rings. The van der Waals surface area contributed by atoms with Gasteiger partial charge in [-0.25, -0.2) is 4.79 Å². The Morgan fingerprint density at radius 2 is 2.03 bits per heavy atom. The summed E-state index contributed by atoms with van der Waals surface area (Å²) >= 11 is 7.31. The number of amides is 3. The number of urea groups is 1. The predicted octanol–water partition coefficient (Wildman–Crippen LogP) is -0.0766. The summed E-state index contributed by atoms with van der Waals surface area (Å²) in [6.45, 7) is 0. The molecule has 11 heteroatoms. The molecule has 2 atom stereocenters. The van der Waals surface area contributed by atoms with E-state index in [1.165, 1.54) is 35.6 Å². The van der Waals surface area contributed by atoms with Crippen LogP contribution in [0.4, 0.5) is 4.79 Å². The van der Waals surface area contributed by atoms with E-state index in [4.69, 9.17) is 11.6 Å². The SMILES string of the molecule is CN1C=CC(=O)C(NC(=O)NC(CC(=O)O)c2cc(-c3cccc(Cl)c3)cs2)C1=O.[H-].[Na+]. The van der Waals surface area contributed by atoms with E-state index in [0.29, 0.717) is 9.90 Å². The van der Waals surface area contributed by atoms with Gasteiger partial charge in [-0.15, -0.1) is 11.3 Å². The van der Waals surface area contributed by atoms with Crippen LogP contribution in [0.15, 0.2) is 48.0 Å². The average molecular weight is 472 g/mol. The van der Waals surface area contributed by atoms with Gasteiger partial charge in [-0.1, -0.05) is 23.7 Å². The Balaban J connectivity index is 0.00000256. The van der Waals surface area contributed by atoms with Gasteiger partial charge in [-0.3, -0.25) is 14.4 Å². The first kappa shape index (κ1) is 25.1. The molecule has 0 saturated heterocycles. The van der Waals surface area contributed by atoms with E-state index >= 15 is 0 Å². The van der Waals surface area contributed by atoms with Crippen LogP contribution in [0, 0.1) is 0 Å². The van der Waals surface area contributed by atoms with Crippen LogP contribution in [0.3, 0.4) is 0 Å². The normalized spacial score (nSPS) is 16.5. The summed E-state index contributed by atoms with van der Waals surface area (Å²) in [5.41, 5.74) is 1.69. The second kappa shape index (κ2) is 10.9. The summed E-state index contributed by atoms with van der Waals surface area (Å²) in [6.07, 6.45) is 2.14. The Morgan fingerprint density at radius 3 is 2.71 bits per heavy atom. The number of thiophene rings is 1. The van der Waals surface area contributed by atoms with Crippen molar-refractivity contribution in [1.29, 1.82) is 0 Å².